The molecule has 3 aromatic carbocycles. The Kier molecular flexibility index (Phi) is 4.66. The summed E-state index contributed by atoms with van der Waals surface area (Å²) in [5.74, 6) is 1.26. The smallest absolute Gasteiger partial charge is 0.159 e. The lowest BCUT2D eigenvalue weighted by atomic mass is 10.2. The summed E-state index contributed by atoms with van der Waals surface area (Å²) < 4.78 is 0. The summed E-state index contributed by atoms with van der Waals surface area (Å²) in [6.45, 7) is 3.86. The summed E-state index contributed by atoms with van der Waals surface area (Å²) in [4.78, 5) is 11.9. The third-order valence-electron chi connectivity index (χ3n) is 3.83. The number of hydrogen-bond donors (Lipinski definition) is 2. The Morgan fingerprint density at radius 3 is 1.60 bits per heavy atom. The first kappa shape index (κ1) is 16.5. The van der Waals surface area contributed by atoms with Crippen molar-refractivity contribution in [1.29, 1.82) is 0 Å². The first-order valence-corrected chi connectivity index (χ1v) is 7.96. The van der Waals surface area contributed by atoms with Crippen LogP contribution in [0, 0.1) is 13.8 Å². The van der Waals surface area contributed by atoms with Crippen LogP contribution < -0.4 is 26.4 Å². The van der Waals surface area contributed by atoms with Gasteiger partial charge in [0, 0.05) is 11.4 Å². The maximum absolute atomic E-state index is 5.93. The highest BCUT2D eigenvalue weighted by molar-refractivity contribution is 5.52. The Hall–Kier alpha value is -3.34. The predicted molar refractivity (Wildman–Crippen MR) is 101 cm³/mol. The molecule has 25 heavy (non-hydrogen) atoms. The molecular formula is C20H21N3O2. The summed E-state index contributed by atoms with van der Waals surface area (Å²) in [6.07, 6.45) is 0. The van der Waals surface area contributed by atoms with Crippen LogP contribution >= 0.6 is 0 Å². The predicted octanol–water partition coefficient (Wildman–Crippen LogP) is 4.26. The van der Waals surface area contributed by atoms with Gasteiger partial charge in [0.05, 0.1) is 0 Å². The van der Waals surface area contributed by atoms with E-state index in [1.165, 1.54) is 5.23 Å². The molecule has 4 N–H and O–H groups in total. The zero-order valence-electron chi connectivity index (χ0n) is 14.3. The van der Waals surface area contributed by atoms with E-state index in [1.807, 2.05) is 56.3 Å². The van der Waals surface area contributed by atoms with Crippen molar-refractivity contribution in [2.24, 2.45) is 0 Å². The third kappa shape index (κ3) is 3.95. The van der Waals surface area contributed by atoms with E-state index in [-0.39, 0.29) is 0 Å². The molecule has 5 nitrogen and oxygen atoms in total. The maximum atomic E-state index is 5.93. The molecule has 0 aromatic heterocycles. The molecule has 0 aliphatic heterocycles. The van der Waals surface area contributed by atoms with Gasteiger partial charge in [0.15, 0.2) is 11.5 Å². The number of nitrogen functional groups attached to an aromatic ring is 2. The molecule has 0 spiro atoms. The van der Waals surface area contributed by atoms with Gasteiger partial charge in [-0.3, -0.25) is 0 Å². The lowest BCUT2D eigenvalue weighted by Gasteiger charge is -2.24. The van der Waals surface area contributed by atoms with Crippen molar-refractivity contribution >= 4 is 17.1 Å². The molecule has 0 amide bonds. The first-order chi connectivity index (χ1) is 12.0. The average molecular weight is 335 g/mol. The number of hydrogen-bond acceptors (Lipinski definition) is 5. The molecule has 0 heterocycles. The van der Waals surface area contributed by atoms with Crippen molar-refractivity contribution in [3.05, 3.63) is 77.9 Å². The van der Waals surface area contributed by atoms with Crippen LogP contribution in [0.4, 0.5) is 17.1 Å². The largest absolute Gasteiger partial charge is 0.399 e. The van der Waals surface area contributed by atoms with Crippen LogP contribution in [0.2, 0.25) is 0 Å². The number of benzene rings is 3. The van der Waals surface area contributed by atoms with Crippen LogP contribution in [0.15, 0.2) is 66.7 Å². The summed E-state index contributed by atoms with van der Waals surface area (Å²) in [5, 5.41) is 1.37. The molecule has 3 aromatic rings. The first-order valence-electron chi connectivity index (χ1n) is 7.96. The van der Waals surface area contributed by atoms with Crippen molar-refractivity contribution in [3.63, 3.8) is 0 Å². The van der Waals surface area contributed by atoms with Crippen LogP contribution in [-0.2, 0) is 0 Å². The van der Waals surface area contributed by atoms with E-state index in [4.69, 9.17) is 21.1 Å². The minimum Gasteiger partial charge on any atom is -0.399 e. The molecule has 0 atom stereocenters. The van der Waals surface area contributed by atoms with Gasteiger partial charge >= 0.3 is 0 Å². The fourth-order valence-electron chi connectivity index (χ4n) is 2.28. The zero-order chi connectivity index (χ0) is 17.8. The number of nitrogens with two attached hydrogens (primary N) is 2. The standard InChI is InChI=1S/C20H21N3O2/c1-14-12-17(8-10-19(14)21)24-23(16-6-4-3-5-7-16)25-18-9-11-20(22)15(2)13-18/h3-13H,21-22H2,1-2H3. The van der Waals surface area contributed by atoms with Gasteiger partial charge in [-0.25, -0.2) is 0 Å². The van der Waals surface area contributed by atoms with Crippen molar-refractivity contribution in [1.82, 2.24) is 0 Å². The number of nitrogens with zero attached hydrogens (tertiary/aromatic N) is 1. The maximum Gasteiger partial charge on any atom is 0.159 e. The van der Waals surface area contributed by atoms with Crippen molar-refractivity contribution in [3.8, 4) is 11.5 Å². The molecule has 0 saturated heterocycles. The van der Waals surface area contributed by atoms with E-state index >= 15 is 0 Å². The minimum atomic E-state index is 0.628. The van der Waals surface area contributed by atoms with E-state index in [0.29, 0.717) is 22.9 Å². The van der Waals surface area contributed by atoms with Crippen LogP contribution in [0.3, 0.4) is 0 Å². The quantitative estimate of drug-likeness (QED) is 0.538. The van der Waals surface area contributed by atoms with Crippen molar-refractivity contribution in [2.75, 3.05) is 16.7 Å². The Balaban J connectivity index is 1.89. The molecule has 0 aliphatic rings. The molecule has 0 saturated carbocycles. The molecule has 0 aliphatic carbocycles. The fraction of sp³-hybridized carbons (Fsp3) is 0.100. The summed E-state index contributed by atoms with van der Waals surface area (Å²) in [5.41, 5.74) is 15.8. The zero-order valence-corrected chi connectivity index (χ0v) is 14.3. The highest BCUT2D eigenvalue weighted by Gasteiger charge is 2.12. The topological polar surface area (TPSA) is 73.7 Å². The molecule has 0 bridgehead atoms. The van der Waals surface area contributed by atoms with E-state index < -0.39 is 0 Å². The Labute approximate surface area is 147 Å². The van der Waals surface area contributed by atoms with Gasteiger partial charge < -0.3 is 21.1 Å². The Bertz CT molecular complexity index is 813. The summed E-state index contributed by atoms with van der Waals surface area (Å²) in [6, 6.07) is 20.5. The van der Waals surface area contributed by atoms with Crippen LogP contribution in [0.5, 0.6) is 11.5 Å². The second kappa shape index (κ2) is 7.05. The van der Waals surface area contributed by atoms with Crippen molar-refractivity contribution in [2.45, 2.75) is 13.8 Å². The van der Waals surface area contributed by atoms with Gasteiger partial charge in [0.1, 0.15) is 5.69 Å². The van der Waals surface area contributed by atoms with Crippen molar-refractivity contribution < 1.29 is 9.68 Å². The SMILES string of the molecule is Cc1cc(ON(Oc2ccc(N)c(C)c2)c2ccccc2)ccc1N. The lowest BCUT2D eigenvalue weighted by molar-refractivity contribution is 0.0729. The number of aryl methyl sites for hydroxylation is 2. The highest BCUT2D eigenvalue weighted by atomic mass is 16.9. The van der Waals surface area contributed by atoms with Gasteiger partial charge in [0.2, 0.25) is 0 Å². The number of para-hydroxylation sites is 1. The van der Waals surface area contributed by atoms with Gasteiger partial charge in [-0.05, 0) is 78.7 Å². The van der Waals surface area contributed by atoms with E-state index in [1.54, 1.807) is 24.3 Å². The summed E-state index contributed by atoms with van der Waals surface area (Å²) in [7, 11) is 0. The Morgan fingerprint density at radius 2 is 1.16 bits per heavy atom. The molecule has 5 heteroatoms. The van der Waals surface area contributed by atoms with Crippen LogP contribution in [0.1, 0.15) is 11.1 Å². The van der Waals surface area contributed by atoms with E-state index in [2.05, 4.69) is 0 Å². The molecule has 0 radical (unpaired) electrons. The molecule has 0 unspecified atom stereocenters. The van der Waals surface area contributed by atoms with Gasteiger partial charge in [-0.2, -0.15) is 0 Å². The number of anilines is 3. The normalized spacial score (nSPS) is 10.3. The molecule has 3 rings (SSSR count). The fourth-order valence-corrected chi connectivity index (χ4v) is 2.28. The van der Waals surface area contributed by atoms with Gasteiger partial charge in [-0.15, -0.1) is 0 Å². The molecule has 0 fully saturated rings. The minimum absolute atomic E-state index is 0.628. The van der Waals surface area contributed by atoms with Crippen LogP contribution in [0.25, 0.3) is 0 Å². The van der Waals surface area contributed by atoms with E-state index in [0.717, 1.165) is 16.8 Å². The summed E-state index contributed by atoms with van der Waals surface area (Å²) >= 11 is 0. The highest BCUT2D eigenvalue weighted by Crippen LogP contribution is 2.25. The van der Waals surface area contributed by atoms with Gasteiger partial charge in [-0.1, -0.05) is 18.2 Å². The molecule has 128 valence electrons. The Morgan fingerprint density at radius 1 is 0.680 bits per heavy atom. The third-order valence-corrected chi connectivity index (χ3v) is 3.83. The monoisotopic (exact) mass is 335 g/mol. The van der Waals surface area contributed by atoms with Crippen LogP contribution in [-0.4, -0.2) is 0 Å². The lowest BCUT2D eigenvalue weighted by Crippen LogP contribution is -2.31. The second-order valence-corrected chi connectivity index (χ2v) is 5.81. The molecular weight excluding hydrogens is 314 g/mol. The van der Waals surface area contributed by atoms with E-state index in [9.17, 15) is 0 Å². The van der Waals surface area contributed by atoms with Gasteiger partial charge in [0.25, 0.3) is 0 Å². The number of rotatable bonds is 5. The second-order valence-electron chi connectivity index (χ2n) is 5.81. The average Bonchev–Trinajstić information content (AvgIpc) is 2.61.